The lowest BCUT2D eigenvalue weighted by Gasteiger charge is -2.04. The number of hydrogen-bond acceptors (Lipinski definition) is 2. The molecule has 2 atom stereocenters. The third-order valence-electron chi connectivity index (χ3n) is 4.11. The highest BCUT2D eigenvalue weighted by atomic mass is 16.3. The molecule has 2 unspecified atom stereocenters. The van der Waals surface area contributed by atoms with Crippen molar-refractivity contribution in [3.8, 4) is 17.2 Å². The minimum absolute atomic E-state index is 0.296. The molecular formula is C18H17NO. The number of nitriles is 1. The molecule has 1 aliphatic carbocycles. The lowest BCUT2D eigenvalue weighted by atomic mass is 10.0. The fourth-order valence-corrected chi connectivity index (χ4v) is 2.80. The van der Waals surface area contributed by atoms with E-state index in [0.717, 1.165) is 12.0 Å². The molecule has 1 aliphatic rings. The number of nitrogens with zero attached hydrogens (tertiary/aromatic N) is 1. The van der Waals surface area contributed by atoms with Gasteiger partial charge in [-0.25, -0.2) is 0 Å². The molecular weight excluding hydrogens is 246 g/mol. The quantitative estimate of drug-likeness (QED) is 0.913. The second kappa shape index (κ2) is 5.48. The predicted octanol–water partition coefficient (Wildman–Crippen LogP) is 3.71. The number of aliphatic hydroxyl groups excluding tert-OH is 1. The van der Waals surface area contributed by atoms with Crippen LogP contribution in [0.15, 0.2) is 48.5 Å². The average molecular weight is 263 g/mol. The van der Waals surface area contributed by atoms with Crippen LogP contribution in [0, 0.1) is 17.2 Å². The fourth-order valence-electron chi connectivity index (χ4n) is 2.80. The van der Waals surface area contributed by atoms with Crippen molar-refractivity contribution in [1.82, 2.24) is 0 Å². The van der Waals surface area contributed by atoms with Crippen molar-refractivity contribution in [3.63, 3.8) is 0 Å². The maximum Gasteiger partial charge on any atom is 0.0991 e. The lowest BCUT2D eigenvalue weighted by Crippen LogP contribution is -1.88. The van der Waals surface area contributed by atoms with E-state index in [1.54, 1.807) is 0 Å². The third-order valence-corrected chi connectivity index (χ3v) is 4.11. The Balaban J connectivity index is 1.74. The monoisotopic (exact) mass is 263 g/mol. The largest absolute Gasteiger partial charge is 0.396 e. The molecule has 0 amide bonds. The molecule has 20 heavy (non-hydrogen) atoms. The number of benzene rings is 2. The molecule has 0 saturated heterocycles. The molecule has 1 saturated carbocycles. The summed E-state index contributed by atoms with van der Waals surface area (Å²) in [6.07, 6.45) is 2.12. The van der Waals surface area contributed by atoms with Crippen LogP contribution in [0.1, 0.15) is 29.9 Å². The first kappa shape index (κ1) is 12.9. The Morgan fingerprint density at radius 3 is 2.15 bits per heavy atom. The first-order valence-corrected chi connectivity index (χ1v) is 7.03. The normalized spacial score (nSPS) is 20.4. The molecule has 2 nitrogen and oxygen atoms in total. The Hall–Kier alpha value is -2.11. The van der Waals surface area contributed by atoms with E-state index in [0.29, 0.717) is 24.0 Å². The zero-order valence-corrected chi connectivity index (χ0v) is 11.3. The predicted molar refractivity (Wildman–Crippen MR) is 79.1 cm³/mol. The molecule has 0 aliphatic heterocycles. The summed E-state index contributed by atoms with van der Waals surface area (Å²) in [6, 6.07) is 18.5. The summed E-state index contributed by atoms with van der Waals surface area (Å²) in [5.41, 5.74) is 4.38. The summed E-state index contributed by atoms with van der Waals surface area (Å²) in [6.45, 7) is 0.296. The summed E-state index contributed by atoms with van der Waals surface area (Å²) in [7, 11) is 0. The number of rotatable bonds is 4. The highest BCUT2D eigenvalue weighted by molar-refractivity contribution is 5.64. The van der Waals surface area contributed by atoms with Gasteiger partial charge in [0.1, 0.15) is 0 Å². The second-order valence-electron chi connectivity index (χ2n) is 5.43. The summed E-state index contributed by atoms with van der Waals surface area (Å²) < 4.78 is 0. The van der Waals surface area contributed by atoms with Crippen LogP contribution < -0.4 is 0 Å². The van der Waals surface area contributed by atoms with Crippen LogP contribution in [0.5, 0.6) is 0 Å². The van der Waals surface area contributed by atoms with Gasteiger partial charge in [0.25, 0.3) is 0 Å². The maximum absolute atomic E-state index is 8.95. The van der Waals surface area contributed by atoms with E-state index in [2.05, 4.69) is 30.3 Å². The van der Waals surface area contributed by atoms with Crippen molar-refractivity contribution in [2.24, 2.45) is 5.92 Å². The van der Waals surface area contributed by atoms with Crippen LogP contribution in [0.4, 0.5) is 0 Å². The van der Waals surface area contributed by atoms with Crippen LogP contribution in [-0.4, -0.2) is 11.7 Å². The van der Waals surface area contributed by atoms with Gasteiger partial charge in [0, 0.05) is 6.61 Å². The molecule has 1 fully saturated rings. The molecule has 1 N–H and O–H groups in total. The van der Waals surface area contributed by atoms with Crippen LogP contribution in [0.2, 0.25) is 0 Å². The van der Waals surface area contributed by atoms with Gasteiger partial charge in [0.2, 0.25) is 0 Å². The standard InChI is InChI=1S/C18H17NO/c19-12-13-1-3-14(4-2-13)15-5-7-16(8-6-15)18-11-17(18)9-10-20/h1-8,17-18,20H,9-11H2. The Labute approximate surface area is 119 Å². The second-order valence-corrected chi connectivity index (χ2v) is 5.43. The summed E-state index contributed by atoms with van der Waals surface area (Å²) in [5, 5.41) is 17.8. The van der Waals surface area contributed by atoms with Crippen molar-refractivity contribution in [3.05, 3.63) is 59.7 Å². The van der Waals surface area contributed by atoms with E-state index in [4.69, 9.17) is 10.4 Å². The third kappa shape index (κ3) is 2.59. The van der Waals surface area contributed by atoms with Crippen molar-refractivity contribution in [1.29, 1.82) is 5.26 Å². The van der Waals surface area contributed by atoms with Gasteiger partial charge < -0.3 is 5.11 Å². The molecule has 2 aromatic carbocycles. The highest BCUT2D eigenvalue weighted by Crippen LogP contribution is 2.49. The summed E-state index contributed by atoms with van der Waals surface area (Å²) >= 11 is 0. The van der Waals surface area contributed by atoms with Crippen molar-refractivity contribution in [2.45, 2.75) is 18.8 Å². The van der Waals surface area contributed by atoms with Crippen molar-refractivity contribution >= 4 is 0 Å². The average Bonchev–Trinajstić information content (AvgIpc) is 3.27. The summed E-state index contributed by atoms with van der Waals surface area (Å²) in [5.74, 6) is 1.30. The van der Waals surface area contributed by atoms with Crippen molar-refractivity contribution < 1.29 is 5.11 Å². The molecule has 2 aromatic rings. The molecule has 100 valence electrons. The van der Waals surface area contributed by atoms with Gasteiger partial charge >= 0.3 is 0 Å². The molecule has 0 spiro atoms. The number of aliphatic hydroxyl groups is 1. The first-order valence-electron chi connectivity index (χ1n) is 7.03. The van der Waals surface area contributed by atoms with E-state index in [9.17, 15) is 0 Å². The fraction of sp³-hybridized carbons (Fsp3) is 0.278. The molecule has 0 heterocycles. The van der Waals surface area contributed by atoms with E-state index in [1.807, 2.05) is 24.3 Å². The highest BCUT2D eigenvalue weighted by Gasteiger charge is 2.37. The Bertz CT molecular complexity index is 622. The summed E-state index contributed by atoms with van der Waals surface area (Å²) in [4.78, 5) is 0. The molecule has 3 rings (SSSR count). The lowest BCUT2D eigenvalue weighted by molar-refractivity contribution is 0.279. The van der Waals surface area contributed by atoms with Gasteiger partial charge in [-0.1, -0.05) is 36.4 Å². The molecule has 0 bridgehead atoms. The van der Waals surface area contributed by atoms with Gasteiger partial charge in [-0.2, -0.15) is 5.26 Å². The van der Waals surface area contributed by atoms with E-state index < -0.39 is 0 Å². The van der Waals surface area contributed by atoms with Gasteiger partial charge in [0.15, 0.2) is 0 Å². The number of hydrogen-bond donors (Lipinski definition) is 1. The maximum atomic E-state index is 8.95. The van der Waals surface area contributed by atoms with Crippen LogP contribution in [0.3, 0.4) is 0 Å². The van der Waals surface area contributed by atoms with Crippen LogP contribution >= 0.6 is 0 Å². The molecule has 0 radical (unpaired) electrons. The van der Waals surface area contributed by atoms with Gasteiger partial charge in [0.05, 0.1) is 11.6 Å². The van der Waals surface area contributed by atoms with E-state index >= 15 is 0 Å². The Kier molecular flexibility index (Phi) is 3.54. The van der Waals surface area contributed by atoms with Gasteiger partial charge in [-0.05, 0) is 53.5 Å². The Morgan fingerprint density at radius 1 is 1.00 bits per heavy atom. The minimum Gasteiger partial charge on any atom is -0.396 e. The van der Waals surface area contributed by atoms with Gasteiger partial charge in [-0.3, -0.25) is 0 Å². The SMILES string of the molecule is N#Cc1ccc(-c2ccc(C3CC3CCO)cc2)cc1. The smallest absolute Gasteiger partial charge is 0.0991 e. The topological polar surface area (TPSA) is 44.0 Å². The first-order chi connectivity index (χ1) is 9.81. The van der Waals surface area contributed by atoms with Crippen LogP contribution in [0.25, 0.3) is 11.1 Å². The van der Waals surface area contributed by atoms with Crippen molar-refractivity contribution in [2.75, 3.05) is 6.61 Å². The Morgan fingerprint density at radius 2 is 1.60 bits per heavy atom. The zero-order chi connectivity index (χ0) is 13.9. The molecule has 0 aromatic heterocycles. The minimum atomic E-state index is 0.296. The zero-order valence-electron chi connectivity index (χ0n) is 11.3. The van der Waals surface area contributed by atoms with E-state index in [-0.39, 0.29) is 0 Å². The van der Waals surface area contributed by atoms with E-state index in [1.165, 1.54) is 17.5 Å². The van der Waals surface area contributed by atoms with Gasteiger partial charge in [-0.15, -0.1) is 0 Å². The molecule has 2 heteroatoms. The van der Waals surface area contributed by atoms with Crippen LogP contribution in [-0.2, 0) is 0 Å².